The summed E-state index contributed by atoms with van der Waals surface area (Å²) < 4.78 is 7.21. The molecule has 1 aliphatic heterocycles. The number of fused-ring (bicyclic) bond motifs is 2. The monoisotopic (exact) mass is 394 g/mol. The second-order valence-electron chi connectivity index (χ2n) is 7.47. The first-order valence-electron chi connectivity index (χ1n) is 9.56. The molecule has 0 aromatic carbocycles. The summed E-state index contributed by atoms with van der Waals surface area (Å²) in [6.07, 6.45) is 5.15. The van der Waals surface area contributed by atoms with Gasteiger partial charge in [-0.05, 0) is 49.4 Å². The molecule has 0 amide bonds. The van der Waals surface area contributed by atoms with E-state index in [9.17, 15) is 5.11 Å². The Morgan fingerprint density at radius 1 is 1.29 bits per heavy atom. The Kier molecular flexibility index (Phi) is 4.38. The molecule has 0 bridgehead atoms. The molecular weight excluding hydrogens is 372 g/mol. The highest BCUT2D eigenvalue weighted by molar-refractivity contribution is 7.18. The van der Waals surface area contributed by atoms with Crippen molar-refractivity contribution in [3.05, 3.63) is 41.0 Å². The van der Waals surface area contributed by atoms with Crippen molar-refractivity contribution in [3.8, 4) is 11.3 Å². The van der Waals surface area contributed by atoms with Crippen LogP contribution in [-0.2, 0) is 11.8 Å². The van der Waals surface area contributed by atoms with E-state index in [0.29, 0.717) is 0 Å². The van der Waals surface area contributed by atoms with Gasteiger partial charge in [0.25, 0.3) is 0 Å². The lowest BCUT2D eigenvalue weighted by Crippen LogP contribution is -2.21. The topological polar surface area (TPSA) is 73.1 Å². The van der Waals surface area contributed by atoms with E-state index in [2.05, 4.69) is 29.1 Å². The number of ether oxygens (including phenoxy) is 1. The van der Waals surface area contributed by atoms with E-state index in [1.807, 2.05) is 25.5 Å². The molecule has 5 rings (SSSR count). The van der Waals surface area contributed by atoms with Crippen LogP contribution in [0, 0.1) is 12.8 Å². The van der Waals surface area contributed by atoms with E-state index < -0.39 is 6.10 Å². The van der Waals surface area contributed by atoms with Gasteiger partial charge in [-0.2, -0.15) is 5.10 Å². The average Bonchev–Trinajstić information content (AvgIpc) is 3.26. The van der Waals surface area contributed by atoms with Gasteiger partial charge in [-0.15, -0.1) is 11.3 Å². The average molecular weight is 395 g/mol. The number of rotatable bonds is 3. The van der Waals surface area contributed by atoms with E-state index in [-0.39, 0.29) is 5.92 Å². The third kappa shape index (κ3) is 2.99. The largest absolute Gasteiger partial charge is 0.387 e. The first-order valence-corrected chi connectivity index (χ1v) is 10.4. The molecule has 4 aromatic rings. The van der Waals surface area contributed by atoms with E-state index in [4.69, 9.17) is 9.72 Å². The van der Waals surface area contributed by atoms with E-state index in [1.165, 1.54) is 0 Å². The molecule has 1 fully saturated rings. The van der Waals surface area contributed by atoms with Gasteiger partial charge in [-0.3, -0.25) is 4.68 Å². The molecule has 144 valence electrons. The summed E-state index contributed by atoms with van der Waals surface area (Å²) in [6, 6.07) is 6.21. The molecule has 0 spiro atoms. The first-order chi connectivity index (χ1) is 13.6. The molecule has 0 unspecified atom stereocenters. The van der Waals surface area contributed by atoms with Crippen molar-refractivity contribution in [3.63, 3.8) is 0 Å². The number of hydrogen-bond acceptors (Lipinski definition) is 6. The van der Waals surface area contributed by atoms with Crippen LogP contribution >= 0.6 is 11.3 Å². The summed E-state index contributed by atoms with van der Waals surface area (Å²) in [5, 5.41) is 17.4. The number of aliphatic hydroxyl groups is 1. The van der Waals surface area contributed by atoms with Gasteiger partial charge in [-0.25, -0.2) is 9.97 Å². The zero-order chi connectivity index (χ0) is 19.3. The molecule has 0 radical (unpaired) electrons. The molecule has 1 N–H and O–H groups in total. The van der Waals surface area contributed by atoms with Gasteiger partial charge in [0.1, 0.15) is 4.83 Å². The lowest BCUT2D eigenvalue weighted by molar-refractivity contribution is 0.00837. The van der Waals surface area contributed by atoms with Crippen molar-refractivity contribution < 1.29 is 9.84 Å². The van der Waals surface area contributed by atoms with E-state index in [1.54, 1.807) is 16.0 Å². The molecule has 1 saturated heterocycles. The number of pyridine rings is 2. The maximum absolute atomic E-state index is 10.9. The molecule has 7 heteroatoms. The minimum atomic E-state index is -0.444. The highest BCUT2D eigenvalue weighted by atomic mass is 32.1. The zero-order valence-electron chi connectivity index (χ0n) is 15.9. The third-order valence-corrected chi connectivity index (χ3v) is 6.86. The van der Waals surface area contributed by atoms with Crippen LogP contribution in [0.2, 0.25) is 0 Å². The fourth-order valence-electron chi connectivity index (χ4n) is 3.98. The predicted octanol–water partition coefficient (Wildman–Crippen LogP) is 4.01. The smallest absolute Gasteiger partial charge is 0.181 e. The Morgan fingerprint density at radius 3 is 2.93 bits per heavy atom. The second kappa shape index (κ2) is 6.92. The molecule has 4 aromatic heterocycles. The summed E-state index contributed by atoms with van der Waals surface area (Å²) in [4.78, 5) is 11.3. The Labute approximate surface area is 166 Å². The summed E-state index contributed by atoms with van der Waals surface area (Å²) in [5.41, 5.74) is 3.74. The molecule has 1 aliphatic rings. The van der Waals surface area contributed by atoms with Crippen molar-refractivity contribution in [2.24, 2.45) is 13.0 Å². The van der Waals surface area contributed by atoms with Crippen molar-refractivity contribution in [2.75, 3.05) is 13.2 Å². The van der Waals surface area contributed by atoms with E-state index >= 15 is 0 Å². The highest BCUT2D eigenvalue weighted by Gasteiger charge is 2.27. The van der Waals surface area contributed by atoms with Gasteiger partial charge >= 0.3 is 0 Å². The van der Waals surface area contributed by atoms with Gasteiger partial charge in [0.15, 0.2) is 5.65 Å². The Bertz CT molecular complexity index is 1160. The van der Waals surface area contributed by atoms with E-state index in [0.717, 1.165) is 69.0 Å². The van der Waals surface area contributed by atoms with Crippen LogP contribution in [0.15, 0.2) is 30.6 Å². The zero-order valence-corrected chi connectivity index (χ0v) is 16.7. The van der Waals surface area contributed by atoms with Gasteiger partial charge < -0.3 is 9.84 Å². The number of nitrogens with zero attached hydrogens (tertiary/aromatic N) is 4. The molecule has 1 atom stereocenters. The Balaban J connectivity index is 1.53. The quantitative estimate of drug-likeness (QED) is 0.568. The van der Waals surface area contributed by atoms with Gasteiger partial charge in [0, 0.05) is 53.9 Å². The van der Waals surface area contributed by atoms with Crippen LogP contribution in [0.25, 0.3) is 32.5 Å². The highest BCUT2D eigenvalue weighted by Crippen LogP contribution is 2.40. The van der Waals surface area contributed by atoms with Crippen LogP contribution in [0.1, 0.15) is 29.4 Å². The Hall–Kier alpha value is -2.35. The number of thiophene rings is 1. The first kappa shape index (κ1) is 17.7. The van der Waals surface area contributed by atoms with Crippen LogP contribution in [0.4, 0.5) is 0 Å². The van der Waals surface area contributed by atoms with Gasteiger partial charge in [0.05, 0.1) is 11.8 Å². The van der Waals surface area contributed by atoms with Crippen molar-refractivity contribution in [1.82, 2.24) is 19.7 Å². The fraction of sp³-hybridized carbons (Fsp3) is 0.381. The minimum absolute atomic E-state index is 0.261. The van der Waals surface area contributed by atoms with Crippen molar-refractivity contribution in [2.45, 2.75) is 25.9 Å². The fourth-order valence-corrected chi connectivity index (χ4v) is 5.24. The number of aryl methyl sites for hydroxylation is 2. The molecule has 0 aliphatic carbocycles. The summed E-state index contributed by atoms with van der Waals surface area (Å²) in [7, 11) is 1.89. The van der Waals surface area contributed by atoms with Crippen LogP contribution in [0.5, 0.6) is 0 Å². The molecule has 0 saturated carbocycles. The van der Waals surface area contributed by atoms with Crippen LogP contribution in [0.3, 0.4) is 0 Å². The van der Waals surface area contributed by atoms with Gasteiger partial charge in [0.2, 0.25) is 0 Å². The van der Waals surface area contributed by atoms with Gasteiger partial charge in [-0.1, -0.05) is 0 Å². The maximum atomic E-state index is 10.9. The number of aliphatic hydroxyl groups excluding tert-OH is 1. The minimum Gasteiger partial charge on any atom is -0.387 e. The van der Waals surface area contributed by atoms with Crippen LogP contribution in [-0.4, -0.2) is 38.1 Å². The number of aromatic nitrogens is 4. The summed E-state index contributed by atoms with van der Waals surface area (Å²) in [6.45, 7) is 3.55. The standard InChI is InChI=1S/C21H22N4O2S/c1-12-16-3-4-17(14-9-15-11-25(2)24-20(15)22-10-14)23-21(16)28-19(12)18(26)13-5-7-27-8-6-13/h3-4,9-11,13,18,26H,5-8H2,1-2H3/t18-/m1/s1. The second-order valence-corrected chi connectivity index (χ2v) is 8.51. The summed E-state index contributed by atoms with van der Waals surface area (Å²) in [5.74, 6) is 0.261. The SMILES string of the molecule is Cc1c([C@H](O)C2CCOCC2)sc2nc(-c3cnc4nn(C)cc4c3)ccc12. The lowest BCUT2D eigenvalue weighted by atomic mass is 9.91. The summed E-state index contributed by atoms with van der Waals surface area (Å²) >= 11 is 1.60. The molecule has 5 heterocycles. The predicted molar refractivity (Wildman–Crippen MR) is 110 cm³/mol. The molecular formula is C21H22N4O2S. The molecule has 6 nitrogen and oxygen atoms in total. The Morgan fingerprint density at radius 2 is 2.11 bits per heavy atom. The maximum Gasteiger partial charge on any atom is 0.181 e. The lowest BCUT2D eigenvalue weighted by Gasteiger charge is -2.26. The third-order valence-electron chi connectivity index (χ3n) is 5.59. The van der Waals surface area contributed by atoms with Crippen molar-refractivity contribution in [1.29, 1.82) is 0 Å². The van der Waals surface area contributed by atoms with Crippen molar-refractivity contribution >= 4 is 32.6 Å². The van der Waals surface area contributed by atoms with Crippen LogP contribution < -0.4 is 0 Å². The normalized spacial score (nSPS) is 16.8. The molecule has 28 heavy (non-hydrogen) atoms. The number of hydrogen-bond donors (Lipinski definition) is 1.